The van der Waals surface area contributed by atoms with Gasteiger partial charge in [-0.2, -0.15) is 0 Å². The number of benzene rings is 1. The lowest BCUT2D eigenvalue weighted by molar-refractivity contribution is -0.296. The summed E-state index contributed by atoms with van der Waals surface area (Å²) < 4.78 is 23.8. The average Bonchev–Trinajstić information content (AvgIpc) is 2.71. The maximum atomic E-state index is 6.51. The van der Waals surface area contributed by atoms with Crippen molar-refractivity contribution in [1.29, 1.82) is 0 Å². The summed E-state index contributed by atoms with van der Waals surface area (Å²) in [6, 6.07) is 7.94. The Bertz CT molecular complexity index is 564. The largest absolute Gasteiger partial charge is 0.497 e. The predicted octanol–water partition coefficient (Wildman–Crippen LogP) is 4.90. The summed E-state index contributed by atoms with van der Waals surface area (Å²) in [7, 11) is 3.39. The van der Waals surface area contributed by atoms with Crippen molar-refractivity contribution in [3.05, 3.63) is 42.5 Å². The Labute approximate surface area is 157 Å². The quantitative estimate of drug-likeness (QED) is 0.677. The molecule has 2 fully saturated rings. The van der Waals surface area contributed by atoms with Crippen molar-refractivity contribution in [1.82, 2.24) is 0 Å². The van der Waals surface area contributed by atoms with E-state index in [1.54, 1.807) is 14.2 Å². The normalized spacial score (nSPS) is 31.3. The zero-order chi connectivity index (χ0) is 18.5. The fraction of sp³-hybridized carbons (Fsp3) is 0.636. The average molecular weight is 360 g/mol. The standard InChI is InChI=1S/C22H32O4/c1-5-19(24-4)21-15(2)20(16-9-7-6-8-10-16)25-22(26-21)17-11-13-18(23-3)14-12-17/h5,11-16,19-22H,1,6-10H2,2-4H3/t15-,19-,20-,21+,22+/m0/s1. The first-order valence-electron chi connectivity index (χ1n) is 9.78. The molecule has 0 bridgehead atoms. The molecule has 5 atom stereocenters. The van der Waals surface area contributed by atoms with Gasteiger partial charge in [-0.3, -0.25) is 0 Å². The van der Waals surface area contributed by atoms with Crippen LogP contribution in [0.25, 0.3) is 0 Å². The second-order valence-corrected chi connectivity index (χ2v) is 7.50. The zero-order valence-corrected chi connectivity index (χ0v) is 16.2. The summed E-state index contributed by atoms with van der Waals surface area (Å²) in [6.07, 6.45) is 7.85. The van der Waals surface area contributed by atoms with Crippen molar-refractivity contribution in [2.45, 2.75) is 63.6 Å². The van der Waals surface area contributed by atoms with E-state index < -0.39 is 0 Å². The van der Waals surface area contributed by atoms with Crippen molar-refractivity contribution in [3.8, 4) is 5.75 Å². The van der Waals surface area contributed by atoms with E-state index >= 15 is 0 Å². The third kappa shape index (κ3) is 4.13. The number of hydrogen-bond acceptors (Lipinski definition) is 4. The number of hydrogen-bond donors (Lipinski definition) is 0. The topological polar surface area (TPSA) is 36.9 Å². The van der Waals surface area contributed by atoms with Gasteiger partial charge >= 0.3 is 0 Å². The molecule has 0 unspecified atom stereocenters. The highest BCUT2D eigenvalue weighted by atomic mass is 16.7. The van der Waals surface area contributed by atoms with Gasteiger partial charge in [0.15, 0.2) is 6.29 Å². The monoisotopic (exact) mass is 360 g/mol. The minimum atomic E-state index is -0.383. The number of ether oxygens (including phenoxy) is 4. The fourth-order valence-corrected chi connectivity index (χ4v) is 4.41. The van der Waals surface area contributed by atoms with Crippen LogP contribution in [0.5, 0.6) is 5.75 Å². The highest BCUT2D eigenvalue weighted by molar-refractivity contribution is 5.28. The molecule has 1 saturated heterocycles. The molecule has 1 aromatic rings. The molecule has 0 amide bonds. The molecule has 26 heavy (non-hydrogen) atoms. The van der Waals surface area contributed by atoms with Crippen LogP contribution in [0.4, 0.5) is 0 Å². The van der Waals surface area contributed by atoms with Gasteiger partial charge in [-0.1, -0.05) is 44.4 Å². The lowest BCUT2D eigenvalue weighted by Gasteiger charge is -2.46. The van der Waals surface area contributed by atoms with Gasteiger partial charge in [-0.25, -0.2) is 0 Å². The molecule has 144 valence electrons. The molecular formula is C22H32O4. The third-order valence-corrected chi connectivity index (χ3v) is 5.93. The summed E-state index contributed by atoms with van der Waals surface area (Å²) in [4.78, 5) is 0. The molecule has 1 aliphatic heterocycles. The summed E-state index contributed by atoms with van der Waals surface area (Å²) in [5.74, 6) is 1.68. The number of rotatable bonds is 6. The van der Waals surface area contributed by atoms with Gasteiger partial charge in [0.05, 0.1) is 19.3 Å². The van der Waals surface area contributed by atoms with Crippen molar-refractivity contribution < 1.29 is 18.9 Å². The number of methoxy groups -OCH3 is 2. The molecule has 0 aromatic heterocycles. The summed E-state index contributed by atoms with van der Waals surface area (Å²) in [6.45, 7) is 6.16. The third-order valence-electron chi connectivity index (χ3n) is 5.93. The van der Waals surface area contributed by atoms with Gasteiger partial charge in [0.1, 0.15) is 11.9 Å². The van der Waals surface area contributed by atoms with Crippen LogP contribution in [0, 0.1) is 11.8 Å². The highest BCUT2D eigenvalue weighted by Gasteiger charge is 2.44. The van der Waals surface area contributed by atoms with Crippen LogP contribution in [-0.4, -0.2) is 32.5 Å². The Morgan fingerprint density at radius 3 is 2.35 bits per heavy atom. The van der Waals surface area contributed by atoms with Crippen molar-refractivity contribution >= 4 is 0 Å². The van der Waals surface area contributed by atoms with Gasteiger partial charge in [0.25, 0.3) is 0 Å². The van der Waals surface area contributed by atoms with E-state index in [4.69, 9.17) is 18.9 Å². The van der Waals surface area contributed by atoms with Crippen LogP contribution in [0.1, 0.15) is 50.9 Å². The van der Waals surface area contributed by atoms with E-state index in [-0.39, 0.29) is 30.5 Å². The molecular weight excluding hydrogens is 328 g/mol. The Morgan fingerprint density at radius 2 is 1.77 bits per heavy atom. The first-order valence-corrected chi connectivity index (χ1v) is 9.78. The summed E-state index contributed by atoms with van der Waals surface area (Å²) >= 11 is 0. The molecule has 0 spiro atoms. The van der Waals surface area contributed by atoms with Crippen molar-refractivity contribution in [2.75, 3.05) is 14.2 Å². The Morgan fingerprint density at radius 1 is 1.08 bits per heavy atom. The maximum absolute atomic E-state index is 6.51. The van der Waals surface area contributed by atoms with Gasteiger partial charge in [-0.15, -0.1) is 6.58 Å². The van der Waals surface area contributed by atoms with Crippen molar-refractivity contribution in [3.63, 3.8) is 0 Å². The molecule has 1 saturated carbocycles. The molecule has 0 N–H and O–H groups in total. The van der Waals surface area contributed by atoms with E-state index in [1.165, 1.54) is 32.1 Å². The first kappa shape index (κ1) is 19.4. The highest BCUT2D eigenvalue weighted by Crippen LogP contribution is 2.42. The maximum Gasteiger partial charge on any atom is 0.184 e. The minimum absolute atomic E-state index is 0.0646. The van der Waals surface area contributed by atoms with Crippen LogP contribution >= 0.6 is 0 Å². The van der Waals surface area contributed by atoms with Crippen LogP contribution in [-0.2, 0) is 14.2 Å². The fourth-order valence-electron chi connectivity index (χ4n) is 4.41. The molecule has 2 aliphatic rings. The molecule has 1 aromatic carbocycles. The minimum Gasteiger partial charge on any atom is -0.497 e. The smallest absolute Gasteiger partial charge is 0.184 e. The molecule has 4 nitrogen and oxygen atoms in total. The van der Waals surface area contributed by atoms with E-state index in [2.05, 4.69) is 13.5 Å². The lowest BCUT2D eigenvalue weighted by Crippen LogP contribution is -2.50. The Hall–Kier alpha value is -1.36. The van der Waals surface area contributed by atoms with Gasteiger partial charge < -0.3 is 18.9 Å². The molecule has 1 heterocycles. The van der Waals surface area contributed by atoms with Crippen LogP contribution in [0.15, 0.2) is 36.9 Å². The van der Waals surface area contributed by atoms with Crippen LogP contribution < -0.4 is 4.74 Å². The second kappa shape index (κ2) is 9.03. The lowest BCUT2D eigenvalue weighted by atomic mass is 9.77. The van der Waals surface area contributed by atoms with Crippen LogP contribution in [0.3, 0.4) is 0 Å². The van der Waals surface area contributed by atoms with E-state index in [1.807, 2.05) is 30.3 Å². The zero-order valence-electron chi connectivity index (χ0n) is 16.2. The van der Waals surface area contributed by atoms with Crippen molar-refractivity contribution in [2.24, 2.45) is 11.8 Å². The van der Waals surface area contributed by atoms with Crippen LogP contribution in [0.2, 0.25) is 0 Å². The first-order chi connectivity index (χ1) is 12.7. The second-order valence-electron chi connectivity index (χ2n) is 7.50. The molecule has 4 heteroatoms. The summed E-state index contributed by atoms with van der Waals surface area (Å²) in [5, 5.41) is 0. The Kier molecular flexibility index (Phi) is 6.74. The van der Waals surface area contributed by atoms with Gasteiger partial charge in [0, 0.05) is 18.6 Å². The van der Waals surface area contributed by atoms with E-state index in [0.717, 1.165) is 11.3 Å². The predicted molar refractivity (Wildman–Crippen MR) is 102 cm³/mol. The molecule has 0 radical (unpaired) electrons. The summed E-state index contributed by atoms with van der Waals surface area (Å²) in [5.41, 5.74) is 1.02. The van der Waals surface area contributed by atoms with Gasteiger partial charge in [-0.05, 0) is 30.9 Å². The van der Waals surface area contributed by atoms with E-state index in [0.29, 0.717) is 5.92 Å². The van der Waals surface area contributed by atoms with Gasteiger partial charge in [0.2, 0.25) is 0 Å². The Balaban J connectivity index is 1.85. The molecule has 3 rings (SSSR count). The SMILES string of the molecule is C=C[C@H](OC)[C@@H]1O[C@H](c2ccc(OC)cc2)O[C@H](C2CCCCC2)[C@@H]1C. The van der Waals surface area contributed by atoms with E-state index in [9.17, 15) is 0 Å². The molecule has 1 aliphatic carbocycles.